The van der Waals surface area contributed by atoms with Crippen molar-refractivity contribution in [2.24, 2.45) is 0 Å². The van der Waals surface area contributed by atoms with Crippen LogP contribution in [0.2, 0.25) is 5.02 Å². The lowest BCUT2D eigenvalue weighted by atomic mass is 10.1. The topological polar surface area (TPSA) is 82.2 Å². The zero-order valence-corrected chi connectivity index (χ0v) is 19.7. The first-order valence-corrected chi connectivity index (χ1v) is 12.1. The molecule has 0 aliphatic carbocycles. The molecule has 1 aromatic carbocycles. The lowest BCUT2D eigenvalue weighted by Gasteiger charge is -2.36. The Morgan fingerprint density at radius 2 is 1.88 bits per heavy atom. The summed E-state index contributed by atoms with van der Waals surface area (Å²) >= 11 is 7.72. The average molecular weight is 490 g/mol. The number of amides is 1. The number of fused-ring (bicyclic) bond motifs is 1. The molecule has 1 fully saturated rings. The number of aromatic nitrogens is 2. The Kier molecular flexibility index (Phi) is 6.05. The minimum absolute atomic E-state index is 0.00278. The van der Waals surface area contributed by atoms with Crippen LogP contribution in [0.5, 0.6) is 0 Å². The summed E-state index contributed by atoms with van der Waals surface area (Å²) in [6, 6.07) is 17.1. The fraction of sp³-hybridized carbons (Fsp3) is 0.200. The van der Waals surface area contributed by atoms with E-state index < -0.39 is 0 Å². The Labute approximate surface area is 205 Å². The number of carbonyl (C=O) groups excluding carboxylic acids is 1. The maximum atomic E-state index is 13.5. The number of thiophene rings is 1. The molecule has 0 radical (unpaired) electrons. The van der Waals surface area contributed by atoms with Gasteiger partial charge >= 0.3 is 0 Å². The molecule has 0 spiro atoms. The predicted molar refractivity (Wildman–Crippen MR) is 134 cm³/mol. The summed E-state index contributed by atoms with van der Waals surface area (Å²) in [7, 11) is 0. The minimum Gasteiger partial charge on any atom is -0.366 e. The van der Waals surface area contributed by atoms with Gasteiger partial charge < -0.3 is 9.80 Å². The van der Waals surface area contributed by atoms with Gasteiger partial charge in [-0.05, 0) is 23.1 Å². The van der Waals surface area contributed by atoms with Crippen molar-refractivity contribution in [2.45, 2.75) is 6.54 Å². The molecule has 5 rings (SSSR count). The summed E-state index contributed by atoms with van der Waals surface area (Å²) in [5.41, 5.74) is 1.61. The molecule has 0 bridgehead atoms. The van der Waals surface area contributed by atoms with Gasteiger partial charge in [0.25, 0.3) is 11.5 Å². The Bertz CT molecular complexity index is 1450. The molecule has 1 aliphatic rings. The first-order chi connectivity index (χ1) is 16.6. The van der Waals surface area contributed by atoms with Gasteiger partial charge in [-0.15, -0.1) is 11.3 Å². The van der Waals surface area contributed by atoms with Crippen molar-refractivity contribution in [3.05, 3.63) is 91.5 Å². The summed E-state index contributed by atoms with van der Waals surface area (Å²) in [6.07, 6.45) is 1.51. The Morgan fingerprint density at radius 3 is 2.56 bits per heavy atom. The highest BCUT2D eigenvalue weighted by atomic mass is 35.5. The number of hydrogen-bond donors (Lipinski definition) is 0. The van der Waals surface area contributed by atoms with Crippen LogP contribution in [-0.2, 0) is 6.54 Å². The van der Waals surface area contributed by atoms with E-state index in [4.69, 9.17) is 11.6 Å². The smallest absolute Gasteiger partial charge is 0.272 e. The third-order valence-electron chi connectivity index (χ3n) is 5.95. The number of rotatable bonds is 4. The number of nitriles is 1. The lowest BCUT2D eigenvalue weighted by molar-refractivity contribution is 0.0751. The van der Waals surface area contributed by atoms with E-state index in [1.54, 1.807) is 11.0 Å². The van der Waals surface area contributed by atoms with Gasteiger partial charge in [-0.1, -0.05) is 48.0 Å². The molecule has 34 heavy (non-hydrogen) atoms. The highest BCUT2D eigenvalue weighted by Crippen LogP contribution is 2.31. The standard InChI is InChI=1S/C25H20ClN5O2S/c26-18-13-19-22(29-8-10-30(11-9-29)25(33)21-7-4-12-34-21)20(14-27)24(32)31(23(19)28-15-18)16-17-5-2-1-3-6-17/h1-7,12-13,15H,8-11,16H2. The monoisotopic (exact) mass is 489 g/mol. The van der Waals surface area contributed by atoms with Crippen LogP contribution in [0.4, 0.5) is 5.69 Å². The summed E-state index contributed by atoms with van der Waals surface area (Å²) in [6.45, 7) is 2.27. The molecule has 1 saturated heterocycles. The van der Waals surface area contributed by atoms with E-state index in [0.717, 1.165) is 5.56 Å². The highest BCUT2D eigenvalue weighted by molar-refractivity contribution is 7.12. The summed E-state index contributed by atoms with van der Waals surface area (Å²) in [5.74, 6) is 0.00278. The number of nitrogens with zero attached hydrogens (tertiary/aromatic N) is 5. The zero-order chi connectivity index (χ0) is 23.7. The number of hydrogen-bond acceptors (Lipinski definition) is 6. The molecule has 4 aromatic rings. The molecule has 7 nitrogen and oxygen atoms in total. The van der Waals surface area contributed by atoms with Crippen LogP contribution in [0.25, 0.3) is 11.0 Å². The Hall–Kier alpha value is -3.67. The van der Waals surface area contributed by atoms with Crippen molar-refractivity contribution in [2.75, 3.05) is 31.1 Å². The maximum Gasteiger partial charge on any atom is 0.272 e. The second-order valence-corrected chi connectivity index (χ2v) is 9.38. The quantitative estimate of drug-likeness (QED) is 0.433. The molecule has 0 N–H and O–H groups in total. The summed E-state index contributed by atoms with van der Waals surface area (Å²) < 4.78 is 1.53. The molecule has 1 aliphatic heterocycles. The zero-order valence-electron chi connectivity index (χ0n) is 18.1. The van der Waals surface area contributed by atoms with Gasteiger partial charge in [0, 0.05) is 37.8 Å². The molecule has 9 heteroatoms. The van der Waals surface area contributed by atoms with E-state index >= 15 is 0 Å². The first kappa shape index (κ1) is 22.1. The van der Waals surface area contributed by atoms with Gasteiger partial charge in [0.15, 0.2) is 0 Å². The fourth-order valence-electron chi connectivity index (χ4n) is 4.32. The summed E-state index contributed by atoms with van der Waals surface area (Å²) in [4.78, 5) is 35.2. The van der Waals surface area contributed by atoms with Gasteiger partial charge in [-0.3, -0.25) is 14.2 Å². The number of piperazine rings is 1. The SMILES string of the molecule is N#Cc1c(N2CCN(C(=O)c3cccs3)CC2)c2cc(Cl)cnc2n(Cc2ccccc2)c1=O. The van der Waals surface area contributed by atoms with E-state index in [9.17, 15) is 14.9 Å². The number of benzene rings is 1. The van der Waals surface area contributed by atoms with Crippen LogP contribution >= 0.6 is 22.9 Å². The molecule has 1 amide bonds. The van der Waals surface area contributed by atoms with E-state index in [1.807, 2.05) is 52.7 Å². The molecule has 170 valence electrons. The van der Waals surface area contributed by atoms with Gasteiger partial charge in [-0.2, -0.15) is 5.26 Å². The molecular formula is C25H20ClN5O2S. The van der Waals surface area contributed by atoms with Gasteiger partial charge in [-0.25, -0.2) is 4.98 Å². The fourth-order valence-corrected chi connectivity index (χ4v) is 5.17. The van der Waals surface area contributed by atoms with Crippen LogP contribution in [-0.4, -0.2) is 46.5 Å². The maximum absolute atomic E-state index is 13.5. The van der Waals surface area contributed by atoms with Crippen molar-refractivity contribution in [1.82, 2.24) is 14.5 Å². The van der Waals surface area contributed by atoms with Crippen molar-refractivity contribution in [3.8, 4) is 6.07 Å². The first-order valence-electron chi connectivity index (χ1n) is 10.8. The number of pyridine rings is 2. The molecule has 0 unspecified atom stereocenters. The van der Waals surface area contributed by atoms with Crippen LogP contribution in [0.1, 0.15) is 20.8 Å². The van der Waals surface area contributed by atoms with Crippen molar-refractivity contribution in [1.29, 1.82) is 5.26 Å². The second kappa shape index (κ2) is 9.29. The van der Waals surface area contributed by atoms with Crippen LogP contribution in [0, 0.1) is 11.3 Å². The Morgan fingerprint density at radius 1 is 1.12 bits per heavy atom. The number of halogens is 1. The van der Waals surface area contributed by atoms with E-state index in [1.165, 1.54) is 22.1 Å². The van der Waals surface area contributed by atoms with Crippen LogP contribution < -0.4 is 10.5 Å². The average Bonchev–Trinajstić information content (AvgIpc) is 3.41. The molecule has 4 heterocycles. The molecule has 0 saturated carbocycles. The number of carbonyl (C=O) groups is 1. The van der Waals surface area contributed by atoms with Gasteiger partial charge in [0.1, 0.15) is 17.3 Å². The molecule has 0 atom stereocenters. The Balaban J connectivity index is 1.55. The summed E-state index contributed by atoms with van der Waals surface area (Å²) in [5, 5.41) is 13.0. The third kappa shape index (κ3) is 4.04. The van der Waals surface area contributed by atoms with Gasteiger partial charge in [0.05, 0.1) is 22.1 Å². The third-order valence-corrected chi connectivity index (χ3v) is 7.01. The molecular weight excluding hydrogens is 470 g/mol. The molecule has 3 aromatic heterocycles. The second-order valence-electron chi connectivity index (χ2n) is 7.99. The van der Waals surface area contributed by atoms with Crippen LogP contribution in [0.3, 0.4) is 0 Å². The highest BCUT2D eigenvalue weighted by Gasteiger charge is 2.28. The normalized spacial score (nSPS) is 13.8. The van der Waals surface area contributed by atoms with Gasteiger partial charge in [0.2, 0.25) is 0 Å². The lowest BCUT2D eigenvalue weighted by Crippen LogP contribution is -2.49. The number of anilines is 1. The van der Waals surface area contributed by atoms with Crippen molar-refractivity contribution >= 4 is 45.6 Å². The van der Waals surface area contributed by atoms with Crippen molar-refractivity contribution < 1.29 is 4.79 Å². The van der Waals surface area contributed by atoms with E-state index in [2.05, 4.69) is 11.1 Å². The predicted octanol–water partition coefficient (Wildman–Crippen LogP) is 3.99. The van der Waals surface area contributed by atoms with E-state index in [-0.39, 0.29) is 17.0 Å². The largest absolute Gasteiger partial charge is 0.366 e. The van der Waals surface area contributed by atoms with E-state index in [0.29, 0.717) is 59.3 Å². The van der Waals surface area contributed by atoms with Crippen LogP contribution in [0.15, 0.2) is 64.9 Å². The van der Waals surface area contributed by atoms with Crippen molar-refractivity contribution in [3.63, 3.8) is 0 Å². The minimum atomic E-state index is -0.388.